The Labute approximate surface area is 263 Å². The Kier molecular flexibility index (Phi) is 7.54. The van der Waals surface area contributed by atoms with E-state index in [1.807, 2.05) is 10.9 Å². The number of nitrogens with zero attached hydrogens (tertiary/aromatic N) is 4. The van der Waals surface area contributed by atoms with Gasteiger partial charge in [-0.3, -0.25) is 4.57 Å². The molecule has 4 aromatic rings. The molecule has 2 saturated heterocycles. The molecule has 2 aliphatic rings. The maximum absolute atomic E-state index is 7.30. The van der Waals surface area contributed by atoms with Crippen LogP contribution in [0.5, 0.6) is 0 Å². The first kappa shape index (κ1) is 31.5. The van der Waals surface area contributed by atoms with Crippen molar-refractivity contribution in [2.75, 3.05) is 6.61 Å². The highest BCUT2D eigenvalue weighted by atomic mass is 28.4. The molecule has 0 amide bonds. The van der Waals surface area contributed by atoms with Crippen molar-refractivity contribution in [3.05, 3.63) is 55.1 Å². The number of rotatable bonds is 4. The fourth-order valence-electron chi connectivity index (χ4n) is 6.85. The number of fused-ring (bicyclic) bond motifs is 3. The highest BCUT2D eigenvalue weighted by Gasteiger charge is 2.66. The first-order chi connectivity index (χ1) is 20.5. The van der Waals surface area contributed by atoms with E-state index >= 15 is 0 Å². The van der Waals surface area contributed by atoms with E-state index in [9.17, 15) is 0 Å². The molecule has 6 rings (SSSR count). The highest BCUT2D eigenvalue weighted by Crippen LogP contribution is 2.56. The predicted octanol–water partition coefficient (Wildman–Crippen LogP) is 8.39. The third kappa shape index (κ3) is 4.98. The van der Waals surface area contributed by atoms with Crippen molar-refractivity contribution in [1.29, 1.82) is 0 Å². The Bertz CT molecular complexity index is 1670. The summed E-state index contributed by atoms with van der Waals surface area (Å²) < 4.78 is 30.3. The van der Waals surface area contributed by atoms with Crippen molar-refractivity contribution in [3.8, 4) is 11.3 Å². The molecule has 2 aromatic carbocycles. The van der Waals surface area contributed by atoms with Gasteiger partial charge in [-0.25, -0.2) is 15.0 Å². The number of ether oxygens (including phenoxy) is 1. The third-order valence-electron chi connectivity index (χ3n) is 9.93. The van der Waals surface area contributed by atoms with Gasteiger partial charge in [-0.15, -0.1) is 0 Å². The predicted molar refractivity (Wildman–Crippen MR) is 180 cm³/mol. The maximum atomic E-state index is 7.30. The molecular formula is C34H48N4O4Si2. The van der Waals surface area contributed by atoms with E-state index in [4.69, 9.17) is 33.0 Å². The van der Waals surface area contributed by atoms with Crippen molar-refractivity contribution in [2.45, 2.75) is 115 Å². The van der Waals surface area contributed by atoms with Crippen LogP contribution in [0.4, 0.5) is 0 Å². The Hall–Kier alpha value is -2.48. The van der Waals surface area contributed by atoms with Crippen LogP contribution in [0.3, 0.4) is 0 Å². The summed E-state index contributed by atoms with van der Waals surface area (Å²) in [7, 11) is -5.03. The molecule has 0 saturated carbocycles. The first-order valence-electron chi connectivity index (χ1n) is 15.8. The summed E-state index contributed by atoms with van der Waals surface area (Å²) in [6.07, 6.45) is 2.08. The molecular weight excluding hydrogens is 585 g/mol. The molecule has 0 N–H and O–H groups in total. The molecule has 0 aliphatic carbocycles. The number of hydrogen-bond acceptors (Lipinski definition) is 7. The van der Waals surface area contributed by atoms with Gasteiger partial charge in [0.2, 0.25) is 0 Å². The lowest BCUT2D eigenvalue weighted by Gasteiger charge is -2.54. The standard InChI is InChI=1S/C34H48N4O4Si2/c1-32(2,3)43(10,11)41-29-28-25(19-39-44(42-28,33(4,5)6)34(7,8)9)40-31(29)38-21-37-27-26(35-20-36-30(27)38)24-18-14-16-22-15-12-13-17-23(22)24/h12-18,20-21,25,28-29,31H,19H2,1-11H3/t25-,28+,29-,31-/m1/s1. The van der Waals surface area contributed by atoms with Crippen LogP contribution in [-0.2, 0) is 18.0 Å². The second-order valence-electron chi connectivity index (χ2n) is 16.0. The van der Waals surface area contributed by atoms with E-state index < -0.39 is 23.1 Å². The molecule has 2 aromatic heterocycles. The van der Waals surface area contributed by atoms with E-state index in [2.05, 4.69) is 118 Å². The molecule has 44 heavy (non-hydrogen) atoms. The van der Waals surface area contributed by atoms with Crippen LogP contribution >= 0.6 is 0 Å². The molecule has 0 bridgehead atoms. The van der Waals surface area contributed by atoms with Crippen LogP contribution in [-0.4, -0.2) is 61.3 Å². The van der Waals surface area contributed by atoms with Gasteiger partial charge in [-0.05, 0) is 28.9 Å². The van der Waals surface area contributed by atoms with Gasteiger partial charge in [-0.1, -0.05) is 105 Å². The van der Waals surface area contributed by atoms with Gasteiger partial charge in [0.05, 0.1) is 12.9 Å². The van der Waals surface area contributed by atoms with Crippen LogP contribution in [0.15, 0.2) is 55.1 Å². The number of hydrogen-bond donors (Lipinski definition) is 0. The summed E-state index contributed by atoms with van der Waals surface area (Å²) in [6.45, 7) is 25.4. The summed E-state index contributed by atoms with van der Waals surface area (Å²) in [5.74, 6) is 0. The molecule has 236 valence electrons. The van der Waals surface area contributed by atoms with Gasteiger partial charge < -0.3 is 18.0 Å². The summed E-state index contributed by atoms with van der Waals surface area (Å²) in [5, 5.41) is 1.98. The zero-order chi connectivity index (χ0) is 31.9. The van der Waals surface area contributed by atoms with Crippen molar-refractivity contribution >= 4 is 38.8 Å². The van der Waals surface area contributed by atoms with Gasteiger partial charge in [0.1, 0.15) is 35.8 Å². The van der Waals surface area contributed by atoms with Crippen LogP contribution in [0.1, 0.15) is 68.5 Å². The summed E-state index contributed by atoms with van der Waals surface area (Å²) >= 11 is 0. The molecule has 2 aliphatic heterocycles. The van der Waals surface area contributed by atoms with Gasteiger partial charge in [0.25, 0.3) is 0 Å². The number of benzene rings is 2. The van der Waals surface area contributed by atoms with E-state index in [0.29, 0.717) is 12.3 Å². The van der Waals surface area contributed by atoms with Crippen molar-refractivity contribution in [3.63, 3.8) is 0 Å². The van der Waals surface area contributed by atoms with Gasteiger partial charge in [-0.2, -0.15) is 0 Å². The molecule has 10 heteroatoms. The van der Waals surface area contributed by atoms with E-state index in [-0.39, 0.29) is 33.4 Å². The number of imidazole rings is 1. The smallest absolute Gasteiger partial charge is 0.349 e. The molecule has 2 fully saturated rings. The Morgan fingerprint density at radius 1 is 0.886 bits per heavy atom. The summed E-state index contributed by atoms with van der Waals surface area (Å²) in [6, 6.07) is 14.6. The molecule has 4 atom stereocenters. The molecule has 0 unspecified atom stereocenters. The van der Waals surface area contributed by atoms with E-state index in [0.717, 1.165) is 27.5 Å². The SMILES string of the molecule is CC(C)(C)[Si](C)(C)O[C@@H]1[C@H]2O[Si](C(C)(C)C)(C(C)(C)C)OC[C@H]2O[C@H]1n1cnc2c(-c3cccc4ccccc34)ncnc21. The molecule has 0 radical (unpaired) electrons. The van der Waals surface area contributed by atoms with E-state index in [1.54, 1.807) is 6.33 Å². The van der Waals surface area contributed by atoms with Crippen molar-refractivity contribution in [1.82, 2.24) is 19.5 Å². The fourth-order valence-corrected chi connectivity index (χ4v) is 13.1. The summed E-state index contributed by atoms with van der Waals surface area (Å²) in [5.41, 5.74) is 3.28. The largest absolute Gasteiger partial charge is 0.407 e. The van der Waals surface area contributed by atoms with Crippen molar-refractivity contribution in [2.24, 2.45) is 0 Å². The van der Waals surface area contributed by atoms with Crippen LogP contribution in [0.25, 0.3) is 33.2 Å². The summed E-state index contributed by atoms with van der Waals surface area (Å²) in [4.78, 5) is 14.4. The molecule has 4 heterocycles. The lowest BCUT2D eigenvalue weighted by molar-refractivity contribution is -0.0795. The topological polar surface area (TPSA) is 80.5 Å². The van der Waals surface area contributed by atoms with Crippen LogP contribution in [0, 0.1) is 0 Å². The normalized spacial score (nSPS) is 24.6. The fraction of sp³-hybridized carbons (Fsp3) is 0.559. The minimum atomic E-state index is -2.78. The minimum absolute atomic E-state index is 0.00405. The van der Waals surface area contributed by atoms with Gasteiger partial charge >= 0.3 is 8.56 Å². The Balaban J connectivity index is 1.47. The lowest BCUT2D eigenvalue weighted by atomic mass is 10.0. The second-order valence-corrected chi connectivity index (χ2v) is 25.5. The maximum Gasteiger partial charge on any atom is 0.349 e. The quantitative estimate of drug-likeness (QED) is 0.209. The first-order valence-corrected chi connectivity index (χ1v) is 20.5. The molecule has 0 spiro atoms. The molecule has 8 nitrogen and oxygen atoms in total. The van der Waals surface area contributed by atoms with Crippen LogP contribution < -0.4 is 0 Å². The zero-order valence-electron chi connectivity index (χ0n) is 28.1. The Morgan fingerprint density at radius 2 is 1.57 bits per heavy atom. The van der Waals surface area contributed by atoms with Gasteiger partial charge in [0, 0.05) is 15.6 Å². The minimum Gasteiger partial charge on any atom is -0.407 e. The lowest BCUT2D eigenvalue weighted by Crippen LogP contribution is -2.66. The Morgan fingerprint density at radius 3 is 2.25 bits per heavy atom. The highest BCUT2D eigenvalue weighted by molar-refractivity contribution is 6.74. The average molecular weight is 633 g/mol. The van der Waals surface area contributed by atoms with E-state index in [1.165, 1.54) is 0 Å². The average Bonchev–Trinajstić information content (AvgIpc) is 3.51. The monoisotopic (exact) mass is 632 g/mol. The number of aromatic nitrogens is 4. The van der Waals surface area contributed by atoms with Crippen molar-refractivity contribution < 1.29 is 18.0 Å². The second kappa shape index (κ2) is 10.5. The van der Waals surface area contributed by atoms with Crippen LogP contribution in [0.2, 0.25) is 28.2 Å². The van der Waals surface area contributed by atoms with Gasteiger partial charge in [0.15, 0.2) is 20.2 Å². The third-order valence-corrected chi connectivity index (χ3v) is 19.5. The zero-order valence-corrected chi connectivity index (χ0v) is 30.1.